The molecule has 0 aliphatic rings. The van der Waals surface area contributed by atoms with Crippen molar-refractivity contribution in [2.45, 2.75) is 18.4 Å². The van der Waals surface area contributed by atoms with Gasteiger partial charge in [-0.1, -0.05) is 28.1 Å². The summed E-state index contributed by atoms with van der Waals surface area (Å²) in [7, 11) is 1.35. The summed E-state index contributed by atoms with van der Waals surface area (Å²) in [4.78, 5) is 23.0. The number of ether oxygens (including phenoxy) is 2. The maximum absolute atomic E-state index is 11.8. The average molecular weight is 377 g/mol. The van der Waals surface area contributed by atoms with Gasteiger partial charge >= 0.3 is 5.97 Å². The highest BCUT2D eigenvalue weighted by molar-refractivity contribution is 9.10. The molecule has 0 heterocycles. The number of benzene rings is 2. The summed E-state index contributed by atoms with van der Waals surface area (Å²) >= 11 is 3.26. The van der Waals surface area contributed by atoms with Crippen molar-refractivity contribution in [3.8, 4) is 5.75 Å². The maximum Gasteiger partial charge on any atom is 0.337 e. The third-order valence-electron chi connectivity index (χ3n) is 3.28. The number of methoxy groups -OCH3 is 1. The number of esters is 1. The zero-order valence-corrected chi connectivity index (χ0v) is 14.5. The second-order valence-electron chi connectivity index (χ2n) is 4.98. The van der Waals surface area contributed by atoms with Gasteiger partial charge in [0.1, 0.15) is 12.4 Å². The third-order valence-corrected chi connectivity index (χ3v) is 3.70. The van der Waals surface area contributed by atoms with Gasteiger partial charge in [-0.2, -0.15) is 0 Å². The summed E-state index contributed by atoms with van der Waals surface area (Å²) in [5.41, 5.74) is 2.08. The fourth-order valence-corrected chi connectivity index (χ4v) is 2.23. The normalized spacial score (nSPS) is 11.6. The smallest absolute Gasteiger partial charge is 0.337 e. The zero-order chi connectivity index (χ0) is 16.8. The van der Waals surface area contributed by atoms with Gasteiger partial charge in [-0.3, -0.25) is 4.79 Å². The molecule has 0 amide bonds. The van der Waals surface area contributed by atoms with E-state index in [0.717, 1.165) is 5.56 Å². The molecule has 0 aromatic heterocycles. The van der Waals surface area contributed by atoms with Crippen LogP contribution < -0.4 is 4.74 Å². The average Bonchev–Trinajstić information content (AvgIpc) is 2.59. The van der Waals surface area contributed by atoms with E-state index in [2.05, 4.69) is 20.7 Å². The lowest BCUT2D eigenvalue weighted by molar-refractivity contribution is 0.0600. The first-order valence-corrected chi connectivity index (χ1v) is 8.01. The first kappa shape index (κ1) is 17.2. The van der Waals surface area contributed by atoms with Crippen LogP contribution in [0.1, 0.15) is 33.2 Å². The molecule has 2 rings (SSSR count). The highest BCUT2D eigenvalue weighted by Gasteiger charge is 2.11. The van der Waals surface area contributed by atoms with Crippen LogP contribution >= 0.6 is 15.9 Å². The van der Waals surface area contributed by atoms with Crippen molar-refractivity contribution in [2.75, 3.05) is 7.11 Å². The summed E-state index contributed by atoms with van der Waals surface area (Å²) in [5, 5.41) is 0. The van der Waals surface area contributed by atoms with Crippen LogP contribution in [0.25, 0.3) is 0 Å². The van der Waals surface area contributed by atoms with Crippen LogP contribution in [0, 0.1) is 0 Å². The van der Waals surface area contributed by atoms with Crippen LogP contribution in [-0.2, 0) is 11.3 Å². The molecule has 0 radical (unpaired) electrons. The van der Waals surface area contributed by atoms with Gasteiger partial charge in [0.15, 0.2) is 5.78 Å². The molecule has 0 saturated heterocycles. The van der Waals surface area contributed by atoms with Crippen LogP contribution in [0.3, 0.4) is 0 Å². The first-order valence-electron chi connectivity index (χ1n) is 7.09. The molecule has 1 unspecified atom stereocenters. The molecule has 5 heteroatoms. The highest BCUT2D eigenvalue weighted by atomic mass is 79.9. The third kappa shape index (κ3) is 4.66. The molecule has 2 aromatic rings. The van der Waals surface area contributed by atoms with E-state index in [-0.39, 0.29) is 16.6 Å². The molecule has 0 aliphatic heterocycles. The van der Waals surface area contributed by atoms with E-state index < -0.39 is 0 Å². The van der Waals surface area contributed by atoms with Crippen molar-refractivity contribution in [1.82, 2.24) is 0 Å². The molecule has 2 aromatic carbocycles. The Labute approximate surface area is 143 Å². The van der Waals surface area contributed by atoms with E-state index in [4.69, 9.17) is 4.74 Å². The number of alkyl halides is 1. The molecule has 4 nitrogen and oxygen atoms in total. The molecule has 120 valence electrons. The van der Waals surface area contributed by atoms with Gasteiger partial charge in [0.25, 0.3) is 0 Å². The lowest BCUT2D eigenvalue weighted by atomic mass is 10.1. The van der Waals surface area contributed by atoms with E-state index >= 15 is 0 Å². The molecule has 0 aliphatic carbocycles. The highest BCUT2D eigenvalue weighted by Crippen LogP contribution is 2.17. The molecule has 0 spiro atoms. The number of halogens is 1. The van der Waals surface area contributed by atoms with E-state index in [1.165, 1.54) is 7.11 Å². The number of carbonyl (C=O) groups is 2. The van der Waals surface area contributed by atoms with Gasteiger partial charge in [-0.15, -0.1) is 0 Å². The van der Waals surface area contributed by atoms with Crippen molar-refractivity contribution < 1.29 is 19.1 Å². The monoisotopic (exact) mass is 376 g/mol. The topological polar surface area (TPSA) is 52.6 Å². The van der Waals surface area contributed by atoms with Crippen molar-refractivity contribution in [1.29, 1.82) is 0 Å². The number of hydrogen-bond donors (Lipinski definition) is 0. The molecule has 0 saturated carbocycles. The lowest BCUT2D eigenvalue weighted by Gasteiger charge is -2.08. The number of rotatable bonds is 6. The molecule has 0 bridgehead atoms. The Morgan fingerprint density at radius 1 is 1.00 bits per heavy atom. The van der Waals surface area contributed by atoms with Crippen LogP contribution in [0.5, 0.6) is 5.75 Å². The number of Topliss-reactive ketones (excluding diaryl/α,β-unsaturated/α-hetero) is 1. The standard InChI is InChI=1S/C18H17BrO4/c1-12(19)17(20)14-7-9-16(10-8-14)23-11-13-3-5-15(6-4-13)18(21)22-2/h3-10,12H,11H2,1-2H3. The number of ketones is 1. The van der Waals surface area contributed by atoms with E-state index in [1.807, 2.05) is 12.1 Å². The van der Waals surface area contributed by atoms with E-state index in [0.29, 0.717) is 23.5 Å². The largest absolute Gasteiger partial charge is 0.489 e. The summed E-state index contributed by atoms with van der Waals surface area (Å²) in [6.45, 7) is 2.17. The fraction of sp³-hybridized carbons (Fsp3) is 0.222. The number of carbonyl (C=O) groups excluding carboxylic acids is 2. The zero-order valence-electron chi connectivity index (χ0n) is 12.9. The second-order valence-corrected chi connectivity index (χ2v) is 6.36. The van der Waals surface area contributed by atoms with E-state index in [1.54, 1.807) is 43.3 Å². The summed E-state index contributed by atoms with van der Waals surface area (Å²) in [6, 6.07) is 14.1. The number of hydrogen-bond acceptors (Lipinski definition) is 4. The molecule has 0 N–H and O–H groups in total. The Morgan fingerprint density at radius 3 is 2.09 bits per heavy atom. The summed E-state index contributed by atoms with van der Waals surface area (Å²) < 4.78 is 10.3. The summed E-state index contributed by atoms with van der Waals surface area (Å²) in [6.07, 6.45) is 0. The van der Waals surface area contributed by atoms with Crippen LogP contribution in [0.15, 0.2) is 48.5 Å². The fourth-order valence-electron chi connectivity index (χ4n) is 1.97. The Morgan fingerprint density at radius 2 is 1.57 bits per heavy atom. The molecular formula is C18H17BrO4. The van der Waals surface area contributed by atoms with Crippen molar-refractivity contribution in [2.24, 2.45) is 0 Å². The quantitative estimate of drug-likeness (QED) is 0.434. The van der Waals surface area contributed by atoms with Gasteiger partial charge < -0.3 is 9.47 Å². The Bertz CT molecular complexity index is 675. The second kappa shape index (κ2) is 7.92. The molecular weight excluding hydrogens is 360 g/mol. The predicted octanol–water partition coefficient (Wildman–Crippen LogP) is 4.02. The van der Waals surface area contributed by atoms with Crippen LogP contribution in [-0.4, -0.2) is 23.7 Å². The lowest BCUT2D eigenvalue weighted by Crippen LogP contribution is -2.09. The van der Waals surface area contributed by atoms with Gasteiger partial charge in [0.2, 0.25) is 0 Å². The van der Waals surface area contributed by atoms with Crippen molar-refractivity contribution in [3.63, 3.8) is 0 Å². The Balaban J connectivity index is 1.95. The molecule has 1 atom stereocenters. The van der Waals surface area contributed by atoms with Gasteiger partial charge in [-0.25, -0.2) is 4.79 Å². The van der Waals surface area contributed by atoms with Gasteiger partial charge in [-0.05, 0) is 48.9 Å². The van der Waals surface area contributed by atoms with Crippen molar-refractivity contribution in [3.05, 3.63) is 65.2 Å². The Hall–Kier alpha value is -2.14. The minimum Gasteiger partial charge on any atom is -0.489 e. The van der Waals surface area contributed by atoms with Gasteiger partial charge in [0, 0.05) is 5.56 Å². The van der Waals surface area contributed by atoms with E-state index in [9.17, 15) is 9.59 Å². The molecule has 0 fully saturated rings. The predicted molar refractivity (Wildman–Crippen MR) is 91.3 cm³/mol. The van der Waals surface area contributed by atoms with Gasteiger partial charge in [0.05, 0.1) is 17.5 Å². The minimum atomic E-state index is -0.362. The molecule has 23 heavy (non-hydrogen) atoms. The van der Waals surface area contributed by atoms with Crippen molar-refractivity contribution >= 4 is 27.7 Å². The van der Waals surface area contributed by atoms with Crippen LogP contribution in [0.4, 0.5) is 0 Å². The van der Waals surface area contributed by atoms with Crippen LogP contribution in [0.2, 0.25) is 0 Å². The summed E-state index contributed by atoms with van der Waals surface area (Å²) in [5.74, 6) is 0.356. The SMILES string of the molecule is COC(=O)c1ccc(COc2ccc(C(=O)C(C)Br)cc2)cc1. The first-order chi connectivity index (χ1) is 11.0. The minimum absolute atomic E-state index is 0.0370. The maximum atomic E-state index is 11.8. The Kier molecular flexibility index (Phi) is 5.93.